The molecule has 2 heteroatoms. The normalized spacial score (nSPS) is 12.1. The Balaban J connectivity index is 1.74. The average Bonchev–Trinajstić information content (AvgIpc) is 2.79. The Morgan fingerprint density at radius 3 is 1.67 bits per heavy atom. The summed E-state index contributed by atoms with van der Waals surface area (Å²) in [5.41, 5.74) is 3.70. The van der Waals surface area contributed by atoms with Crippen molar-refractivity contribution in [1.82, 2.24) is 0 Å². The minimum Gasteiger partial charge on any atom is -0.494 e. The van der Waals surface area contributed by atoms with Crippen molar-refractivity contribution >= 4 is 0 Å². The van der Waals surface area contributed by atoms with Gasteiger partial charge < -0.3 is 9.47 Å². The Morgan fingerprint density at radius 2 is 1.10 bits per heavy atom. The SMILES string of the molecule is CCCCCCCOc1ccc(-c2ccc(C(C)OCCCCCCC)cc2)cc1. The Labute approximate surface area is 185 Å². The molecule has 0 heterocycles. The average molecular weight is 411 g/mol. The van der Waals surface area contributed by atoms with Crippen molar-refractivity contribution in [3.63, 3.8) is 0 Å². The minimum atomic E-state index is 0.151. The van der Waals surface area contributed by atoms with E-state index in [9.17, 15) is 0 Å². The Bertz CT molecular complexity index is 660. The first-order valence-electron chi connectivity index (χ1n) is 12.2. The maximum absolute atomic E-state index is 6.02. The zero-order valence-electron chi connectivity index (χ0n) is 19.5. The van der Waals surface area contributed by atoms with Crippen molar-refractivity contribution in [2.45, 2.75) is 91.1 Å². The van der Waals surface area contributed by atoms with E-state index in [1.807, 2.05) is 0 Å². The van der Waals surface area contributed by atoms with Gasteiger partial charge in [0.2, 0.25) is 0 Å². The quantitative estimate of drug-likeness (QED) is 0.257. The summed E-state index contributed by atoms with van der Waals surface area (Å²) >= 11 is 0. The van der Waals surface area contributed by atoms with Gasteiger partial charge in [0.05, 0.1) is 12.7 Å². The third kappa shape index (κ3) is 9.34. The molecule has 166 valence electrons. The third-order valence-electron chi connectivity index (χ3n) is 5.70. The van der Waals surface area contributed by atoms with Crippen molar-refractivity contribution in [1.29, 1.82) is 0 Å². The number of benzene rings is 2. The van der Waals surface area contributed by atoms with Gasteiger partial charge in [-0.05, 0) is 48.6 Å². The molecule has 2 aromatic rings. The van der Waals surface area contributed by atoms with Gasteiger partial charge in [-0.25, -0.2) is 0 Å². The molecule has 0 saturated heterocycles. The lowest BCUT2D eigenvalue weighted by Crippen LogP contribution is -2.01. The van der Waals surface area contributed by atoms with E-state index in [0.717, 1.165) is 31.8 Å². The molecule has 0 aromatic heterocycles. The predicted octanol–water partition coefficient (Wildman–Crippen LogP) is 8.75. The maximum atomic E-state index is 6.02. The van der Waals surface area contributed by atoms with E-state index in [2.05, 4.69) is 69.3 Å². The van der Waals surface area contributed by atoms with Crippen LogP contribution >= 0.6 is 0 Å². The van der Waals surface area contributed by atoms with Gasteiger partial charge in [-0.3, -0.25) is 0 Å². The van der Waals surface area contributed by atoms with Crippen LogP contribution in [0.15, 0.2) is 48.5 Å². The van der Waals surface area contributed by atoms with Gasteiger partial charge in [-0.15, -0.1) is 0 Å². The molecule has 2 aromatic carbocycles. The largest absolute Gasteiger partial charge is 0.494 e. The molecule has 2 rings (SSSR count). The zero-order valence-corrected chi connectivity index (χ0v) is 19.5. The highest BCUT2D eigenvalue weighted by Gasteiger charge is 2.06. The predicted molar refractivity (Wildman–Crippen MR) is 129 cm³/mol. The van der Waals surface area contributed by atoms with Gasteiger partial charge in [-0.2, -0.15) is 0 Å². The molecule has 0 spiro atoms. The fourth-order valence-corrected chi connectivity index (χ4v) is 3.65. The first kappa shape index (κ1) is 24.5. The molecule has 1 atom stereocenters. The molecule has 0 aliphatic carbocycles. The molecule has 0 N–H and O–H groups in total. The van der Waals surface area contributed by atoms with E-state index in [4.69, 9.17) is 9.47 Å². The van der Waals surface area contributed by atoms with Gasteiger partial charge in [0.15, 0.2) is 0 Å². The summed E-state index contributed by atoms with van der Waals surface area (Å²) in [6, 6.07) is 17.2. The zero-order chi connectivity index (χ0) is 21.4. The molecule has 0 amide bonds. The molecule has 0 radical (unpaired) electrons. The van der Waals surface area contributed by atoms with Crippen LogP contribution in [0.5, 0.6) is 5.75 Å². The van der Waals surface area contributed by atoms with Crippen LogP contribution in [-0.2, 0) is 4.74 Å². The van der Waals surface area contributed by atoms with Crippen molar-refractivity contribution in [3.05, 3.63) is 54.1 Å². The van der Waals surface area contributed by atoms with E-state index >= 15 is 0 Å². The van der Waals surface area contributed by atoms with E-state index in [-0.39, 0.29) is 6.10 Å². The van der Waals surface area contributed by atoms with Crippen LogP contribution in [0, 0.1) is 0 Å². The van der Waals surface area contributed by atoms with E-state index in [0.29, 0.717) is 0 Å². The van der Waals surface area contributed by atoms with Gasteiger partial charge >= 0.3 is 0 Å². The molecule has 30 heavy (non-hydrogen) atoms. The van der Waals surface area contributed by atoms with Crippen LogP contribution in [0.25, 0.3) is 11.1 Å². The summed E-state index contributed by atoms with van der Waals surface area (Å²) in [6.45, 7) is 8.31. The molecular weight excluding hydrogens is 368 g/mol. The number of ether oxygens (including phenoxy) is 2. The first-order valence-corrected chi connectivity index (χ1v) is 12.2. The van der Waals surface area contributed by atoms with Crippen LogP contribution < -0.4 is 4.74 Å². The van der Waals surface area contributed by atoms with Gasteiger partial charge in [0, 0.05) is 6.61 Å². The van der Waals surface area contributed by atoms with Crippen molar-refractivity contribution < 1.29 is 9.47 Å². The number of hydrogen-bond acceptors (Lipinski definition) is 2. The van der Waals surface area contributed by atoms with E-state index < -0.39 is 0 Å². The van der Waals surface area contributed by atoms with Crippen LogP contribution in [0.1, 0.15) is 96.6 Å². The fourth-order valence-electron chi connectivity index (χ4n) is 3.65. The smallest absolute Gasteiger partial charge is 0.119 e. The highest BCUT2D eigenvalue weighted by atomic mass is 16.5. The highest BCUT2D eigenvalue weighted by Crippen LogP contribution is 2.25. The summed E-state index contributed by atoms with van der Waals surface area (Å²) in [6.07, 6.45) is 12.9. The van der Waals surface area contributed by atoms with Gasteiger partial charge in [0.1, 0.15) is 5.75 Å². The van der Waals surface area contributed by atoms with Crippen molar-refractivity contribution in [3.8, 4) is 16.9 Å². The second-order valence-electron chi connectivity index (χ2n) is 8.34. The Hall–Kier alpha value is -1.80. The van der Waals surface area contributed by atoms with Crippen LogP contribution in [0.2, 0.25) is 0 Å². The summed E-state index contributed by atoms with van der Waals surface area (Å²) in [5, 5.41) is 0. The van der Waals surface area contributed by atoms with E-state index in [1.54, 1.807) is 0 Å². The molecule has 0 bridgehead atoms. The number of rotatable bonds is 16. The second-order valence-corrected chi connectivity index (χ2v) is 8.34. The summed E-state index contributed by atoms with van der Waals surface area (Å²) < 4.78 is 11.9. The molecule has 0 fully saturated rings. The van der Waals surface area contributed by atoms with Crippen molar-refractivity contribution in [2.24, 2.45) is 0 Å². The monoisotopic (exact) mass is 410 g/mol. The molecule has 2 nitrogen and oxygen atoms in total. The van der Waals surface area contributed by atoms with Gasteiger partial charge in [0.25, 0.3) is 0 Å². The Morgan fingerprint density at radius 1 is 0.600 bits per heavy atom. The highest BCUT2D eigenvalue weighted by molar-refractivity contribution is 5.64. The standard InChI is InChI=1S/C28H42O2/c1-4-6-8-10-12-22-29-24(3)25-14-16-26(17-15-25)27-18-20-28(21-19-27)30-23-13-11-9-7-5-2/h14-21,24H,4-13,22-23H2,1-3H3. The maximum Gasteiger partial charge on any atom is 0.119 e. The van der Waals surface area contributed by atoms with Crippen LogP contribution in [-0.4, -0.2) is 13.2 Å². The summed E-state index contributed by atoms with van der Waals surface area (Å²) in [4.78, 5) is 0. The lowest BCUT2D eigenvalue weighted by Gasteiger charge is -2.14. The van der Waals surface area contributed by atoms with Crippen LogP contribution in [0.3, 0.4) is 0 Å². The molecule has 0 saturated carbocycles. The second kappa shape index (κ2) is 15.1. The van der Waals surface area contributed by atoms with E-state index in [1.165, 1.54) is 68.1 Å². The van der Waals surface area contributed by atoms with Gasteiger partial charge in [-0.1, -0.05) is 102 Å². The molecule has 0 aliphatic rings. The first-order chi connectivity index (χ1) is 14.7. The molecule has 0 aliphatic heterocycles. The summed E-state index contributed by atoms with van der Waals surface area (Å²) in [7, 11) is 0. The number of unbranched alkanes of at least 4 members (excludes halogenated alkanes) is 8. The topological polar surface area (TPSA) is 18.5 Å². The molecular formula is C28H42O2. The summed E-state index contributed by atoms with van der Waals surface area (Å²) in [5.74, 6) is 0.965. The fraction of sp³-hybridized carbons (Fsp3) is 0.571. The van der Waals surface area contributed by atoms with Crippen molar-refractivity contribution in [2.75, 3.05) is 13.2 Å². The van der Waals surface area contributed by atoms with Crippen LogP contribution in [0.4, 0.5) is 0 Å². The minimum absolute atomic E-state index is 0.151. The lowest BCUT2D eigenvalue weighted by molar-refractivity contribution is 0.0627. The lowest BCUT2D eigenvalue weighted by atomic mass is 10.0. The Kier molecular flexibility index (Phi) is 12.3. The third-order valence-corrected chi connectivity index (χ3v) is 5.70. The number of hydrogen-bond donors (Lipinski definition) is 0. The molecule has 1 unspecified atom stereocenters.